The lowest BCUT2D eigenvalue weighted by molar-refractivity contribution is -0.138. The molecule has 274 valence electrons. The standard InChI is InChI=1S/C36H62N4O8/c1-11-45-29(41)17-21-39-33(3,4)23-27(24-34(39,5)6)47-31(43)37-19-15-13-14-16-20-38-32(44)48-28-25-35(7,8)40(36(9,10)26-28)22-18-30(42)46-12-2/h17-18,21-22,27-28H,11-16,19-20,23-26H2,1-10H3,(H,37,43)(H,38,44)/b21-17+,22-18+. The Morgan fingerprint density at radius 1 is 0.583 bits per heavy atom. The van der Waals surface area contributed by atoms with E-state index in [9.17, 15) is 19.2 Å². The maximum Gasteiger partial charge on any atom is 0.407 e. The third kappa shape index (κ3) is 12.9. The molecule has 12 nitrogen and oxygen atoms in total. The van der Waals surface area contributed by atoms with Gasteiger partial charge in [-0.05, 0) is 82.1 Å². The SMILES string of the molecule is CCOC(=O)/C=C/N1C(C)(C)CC(OC(=O)NCCCCCCNC(=O)OC2CC(C)(C)N(/C=C/C(=O)OCC)C(C)(C)C2)CC1(C)C. The van der Waals surface area contributed by atoms with Crippen LogP contribution in [-0.4, -0.2) is 94.6 Å². The molecular weight excluding hydrogens is 616 g/mol. The van der Waals surface area contributed by atoms with E-state index in [0.29, 0.717) is 52.0 Å². The summed E-state index contributed by atoms with van der Waals surface area (Å²) >= 11 is 0. The van der Waals surface area contributed by atoms with Crippen LogP contribution in [0.3, 0.4) is 0 Å². The fraction of sp³-hybridized carbons (Fsp3) is 0.778. The van der Waals surface area contributed by atoms with Crippen LogP contribution < -0.4 is 10.6 Å². The van der Waals surface area contributed by atoms with E-state index in [-0.39, 0.29) is 46.3 Å². The van der Waals surface area contributed by atoms with E-state index in [1.54, 1.807) is 26.2 Å². The summed E-state index contributed by atoms with van der Waals surface area (Å²) < 4.78 is 21.6. The molecule has 2 fully saturated rings. The van der Waals surface area contributed by atoms with Gasteiger partial charge in [-0.2, -0.15) is 0 Å². The lowest BCUT2D eigenvalue weighted by atomic mass is 9.78. The second-order valence-electron chi connectivity index (χ2n) is 15.3. The summed E-state index contributed by atoms with van der Waals surface area (Å²) in [5, 5.41) is 5.74. The number of ether oxygens (including phenoxy) is 4. The Balaban J connectivity index is 1.65. The first-order valence-electron chi connectivity index (χ1n) is 17.5. The monoisotopic (exact) mass is 678 g/mol. The van der Waals surface area contributed by atoms with Gasteiger partial charge in [0, 0.05) is 85.5 Å². The van der Waals surface area contributed by atoms with Gasteiger partial charge in [0.25, 0.3) is 0 Å². The first kappa shape index (κ1) is 40.7. The number of carbonyl (C=O) groups excluding carboxylic acids is 4. The summed E-state index contributed by atoms with van der Waals surface area (Å²) in [5.41, 5.74) is -1.31. The van der Waals surface area contributed by atoms with Crippen molar-refractivity contribution >= 4 is 24.1 Å². The van der Waals surface area contributed by atoms with Gasteiger partial charge < -0.3 is 39.4 Å². The van der Waals surface area contributed by atoms with Crippen molar-refractivity contribution in [2.24, 2.45) is 0 Å². The van der Waals surface area contributed by atoms with Crippen LogP contribution in [0, 0.1) is 0 Å². The van der Waals surface area contributed by atoms with Gasteiger partial charge in [0.2, 0.25) is 0 Å². The number of nitrogens with zero attached hydrogens (tertiary/aromatic N) is 2. The summed E-state index contributed by atoms with van der Waals surface area (Å²) in [6, 6.07) is 0. The molecule has 2 aliphatic heterocycles. The Morgan fingerprint density at radius 2 is 0.896 bits per heavy atom. The number of esters is 2. The van der Waals surface area contributed by atoms with Crippen LogP contribution in [0.15, 0.2) is 24.6 Å². The molecule has 0 atom stereocenters. The van der Waals surface area contributed by atoms with E-state index in [1.165, 1.54) is 12.2 Å². The van der Waals surface area contributed by atoms with Gasteiger partial charge in [0.15, 0.2) is 0 Å². The van der Waals surface area contributed by atoms with Crippen LogP contribution in [0.25, 0.3) is 0 Å². The molecule has 2 N–H and O–H groups in total. The van der Waals surface area contributed by atoms with Crippen molar-refractivity contribution < 1.29 is 38.1 Å². The molecule has 0 radical (unpaired) electrons. The number of likely N-dealkylation sites (tertiary alicyclic amines) is 2. The Labute approximate surface area is 288 Å². The van der Waals surface area contributed by atoms with Gasteiger partial charge in [-0.25, -0.2) is 19.2 Å². The first-order valence-corrected chi connectivity index (χ1v) is 17.5. The van der Waals surface area contributed by atoms with Gasteiger partial charge in [0.1, 0.15) is 12.2 Å². The Hall–Kier alpha value is -3.44. The predicted octanol–water partition coefficient (Wildman–Crippen LogP) is 6.20. The molecule has 0 unspecified atom stereocenters. The van der Waals surface area contributed by atoms with Crippen molar-refractivity contribution in [2.45, 2.75) is 155 Å². The third-order valence-corrected chi connectivity index (χ3v) is 9.00. The highest BCUT2D eigenvalue weighted by molar-refractivity contribution is 5.82. The zero-order valence-electron chi connectivity index (χ0n) is 31.1. The van der Waals surface area contributed by atoms with Crippen molar-refractivity contribution in [1.82, 2.24) is 20.4 Å². The quantitative estimate of drug-likeness (QED) is 0.0893. The average Bonchev–Trinajstić information content (AvgIpc) is 2.92. The summed E-state index contributed by atoms with van der Waals surface area (Å²) in [7, 11) is 0. The number of piperidine rings is 2. The van der Waals surface area contributed by atoms with Crippen molar-refractivity contribution in [3.63, 3.8) is 0 Å². The van der Waals surface area contributed by atoms with Crippen LogP contribution in [0.2, 0.25) is 0 Å². The molecule has 0 aromatic heterocycles. The van der Waals surface area contributed by atoms with Crippen molar-refractivity contribution in [1.29, 1.82) is 0 Å². The largest absolute Gasteiger partial charge is 0.463 e. The number of unbranched alkanes of at least 4 members (excludes halogenated alkanes) is 3. The first-order chi connectivity index (χ1) is 22.3. The average molecular weight is 679 g/mol. The maximum atomic E-state index is 12.5. The van der Waals surface area contributed by atoms with E-state index in [1.807, 2.05) is 0 Å². The zero-order chi connectivity index (χ0) is 36.2. The molecule has 2 rings (SSSR count). The van der Waals surface area contributed by atoms with E-state index >= 15 is 0 Å². The minimum atomic E-state index is -0.418. The second kappa shape index (κ2) is 17.8. The summed E-state index contributed by atoms with van der Waals surface area (Å²) in [5.74, 6) is -0.749. The normalized spacial score (nSPS) is 20.4. The molecule has 2 saturated heterocycles. The highest BCUT2D eigenvalue weighted by Gasteiger charge is 2.46. The number of alkyl carbamates (subject to hydrolysis) is 2. The minimum absolute atomic E-state index is 0.245. The van der Waals surface area contributed by atoms with Gasteiger partial charge in [-0.15, -0.1) is 0 Å². The molecule has 0 aliphatic carbocycles. The van der Waals surface area contributed by atoms with Crippen molar-refractivity contribution in [3.05, 3.63) is 24.6 Å². The van der Waals surface area contributed by atoms with E-state index in [4.69, 9.17) is 18.9 Å². The molecule has 2 aliphatic rings. The molecule has 0 aromatic carbocycles. The number of carbonyl (C=O) groups is 4. The lowest BCUT2D eigenvalue weighted by Crippen LogP contribution is -2.60. The minimum Gasteiger partial charge on any atom is -0.463 e. The number of hydrogen-bond donors (Lipinski definition) is 2. The molecule has 2 amide bonds. The van der Waals surface area contributed by atoms with Gasteiger partial charge in [0.05, 0.1) is 13.2 Å². The Morgan fingerprint density at radius 3 is 1.19 bits per heavy atom. The van der Waals surface area contributed by atoms with Gasteiger partial charge >= 0.3 is 24.1 Å². The summed E-state index contributed by atoms with van der Waals surface area (Å²) in [4.78, 5) is 53.1. The molecule has 12 heteroatoms. The molecule has 48 heavy (non-hydrogen) atoms. The van der Waals surface area contributed by atoms with Crippen LogP contribution in [0.5, 0.6) is 0 Å². The van der Waals surface area contributed by atoms with Crippen LogP contribution in [0.1, 0.15) is 121 Å². The van der Waals surface area contributed by atoms with Gasteiger partial charge in [-0.1, -0.05) is 12.8 Å². The molecule has 0 bridgehead atoms. The Kier molecular flexibility index (Phi) is 15.1. The zero-order valence-corrected chi connectivity index (χ0v) is 31.1. The molecule has 0 spiro atoms. The summed E-state index contributed by atoms with van der Waals surface area (Å²) in [6.45, 7) is 21.8. The smallest absolute Gasteiger partial charge is 0.407 e. The Bertz CT molecular complexity index is 1020. The van der Waals surface area contributed by atoms with Crippen LogP contribution >= 0.6 is 0 Å². The topological polar surface area (TPSA) is 136 Å². The fourth-order valence-electron chi connectivity index (χ4n) is 7.40. The molecule has 2 heterocycles. The van der Waals surface area contributed by atoms with Crippen LogP contribution in [-0.2, 0) is 28.5 Å². The number of rotatable bonds is 15. The molecular formula is C36H62N4O8. The van der Waals surface area contributed by atoms with Crippen LogP contribution in [0.4, 0.5) is 9.59 Å². The maximum absolute atomic E-state index is 12.5. The summed E-state index contributed by atoms with van der Waals surface area (Å²) in [6.07, 6.45) is 11.1. The molecule has 0 saturated carbocycles. The lowest BCUT2D eigenvalue weighted by Gasteiger charge is -2.54. The van der Waals surface area contributed by atoms with E-state index < -0.39 is 12.2 Å². The predicted molar refractivity (Wildman–Crippen MR) is 185 cm³/mol. The molecule has 0 aromatic rings. The number of nitrogens with one attached hydrogen (secondary N) is 2. The van der Waals surface area contributed by atoms with E-state index in [2.05, 4.69) is 75.8 Å². The number of hydrogen-bond acceptors (Lipinski definition) is 10. The van der Waals surface area contributed by atoms with Gasteiger partial charge in [-0.3, -0.25) is 0 Å². The fourth-order valence-corrected chi connectivity index (χ4v) is 7.40. The second-order valence-corrected chi connectivity index (χ2v) is 15.3. The highest BCUT2D eigenvalue weighted by atomic mass is 16.6. The van der Waals surface area contributed by atoms with E-state index in [0.717, 1.165) is 25.7 Å². The third-order valence-electron chi connectivity index (χ3n) is 9.00. The highest BCUT2D eigenvalue weighted by Crippen LogP contribution is 2.41. The van der Waals surface area contributed by atoms with Crippen molar-refractivity contribution in [3.8, 4) is 0 Å². The number of amides is 2. The van der Waals surface area contributed by atoms with Crippen molar-refractivity contribution in [2.75, 3.05) is 26.3 Å².